The average Bonchev–Trinajstić information content (AvgIpc) is 3.06. The van der Waals surface area contributed by atoms with E-state index in [0.717, 1.165) is 38.2 Å². The van der Waals surface area contributed by atoms with Crippen LogP contribution in [-0.2, 0) is 11.3 Å². The number of rotatable bonds is 5. The Balaban J connectivity index is 1.47. The molecule has 1 atom stereocenters. The molecule has 6 nitrogen and oxygen atoms in total. The van der Waals surface area contributed by atoms with Gasteiger partial charge in [0.05, 0.1) is 24.5 Å². The summed E-state index contributed by atoms with van der Waals surface area (Å²) in [5.74, 6) is 0.683. The predicted molar refractivity (Wildman–Crippen MR) is 80.2 cm³/mol. The van der Waals surface area contributed by atoms with Crippen molar-refractivity contribution in [2.24, 2.45) is 5.92 Å². The molecule has 1 unspecified atom stereocenters. The quantitative estimate of drug-likeness (QED) is 0.906. The minimum Gasteiger partial charge on any atom is -0.376 e. The minimum atomic E-state index is -0.0569. The van der Waals surface area contributed by atoms with Crippen LogP contribution in [0.3, 0.4) is 0 Å². The van der Waals surface area contributed by atoms with Crippen LogP contribution in [0.15, 0.2) is 12.4 Å². The molecule has 1 saturated heterocycles. The van der Waals surface area contributed by atoms with Gasteiger partial charge in [0.25, 0.3) is 0 Å². The Morgan fingerprint density at radius 2 is 2.33 bits per heavy atom. The molecule has 3 rings (SSSR count). The summed E-state index contributed by atoms with van der Waals surface area (Å²) in [5.41, 5.74) is 0.749. The lowest BCUT2D eigenvalue weighted by molar-refractivity contribution is 0.0940. The van der Waals surface area contributed by atoms with Gasteiger partial charge in [-0.15, -0.1) is 0 Å². The average molecular weight is 292 g/mol. The summed E-state index contributed by atoms with van der Waals surface area (Å²) >= 11 is 0. The predicted octanol–water partition coefficient (Wildman–Crippen LogP) is 2.33. The second-order valence-electron chi connectivity index (χ2n) is 6.19. The van der Waals surface area contributed by atoms with Crippen molar-refractivity contribution in [2.75, 3.05) is 25.5 Å². The molecular weight excluding hydrogens is 268 g/mol. The van der Waals surface area contributed by atoms with E-state index >= 15 is 0 Å². The first-order valence-electron chi connectivity index (χ1n) is 7.87. The topological polar surface area (TPSA) is 59.4 Å². The van der Waals surface area contributed by atoms with Crippen molar-refractivity contribution in [3.8, 4) is 0 Å². The third-order valence-corrected chi connectivity index (χ3v) is 4.40. The molecular formula is C15H24N4O2. The van der Waals surface area contributed by atoms with Crippen LogP contribution >= 0.6 is 0 Å². The van der Waals surface area contributed by atoms with Gasteiger partial charge in [-0.05, 0) is 31.6 Å². The summed E-state index contributed by atoms with van der Waals surface area (Å²) < 4.78 is 7.44. The molecule has 0 bridgehead atoms. The Morgan fingerprint density at radius 3 is 3.00 bits per heavy atom. The molecule has 2 heterocycles. The van der Waals surface area contributed by atoms with Crippen molar-refractivity contribution >= 4 is 11.7 Å². The van der Waals surface area contributed by atoms with Gasteiger partial charge in [0.1, 0.15) is 0 Å². The molecule has 0 aromatic carbocycles. The van der Waals surface area contributed by atoms with Gasteiger partial charge in [-0.1, -0.05) is 6.42 Å². The van der Waals surface area contributed by atoms with Gasteiger partial charge in [0.15, 0.2) is 0 Å². The lowest BCUT2D eigenvalue weighted by Gasteiger charge is -2.30. The van der Waals surface area contributed by atoms with Crippen molar-refractivity contribution in [1.29, 1.82) is 0 Å². The Labute approximate surface area is 125 Å². The van der Waals surface area contributed by atoms with Gasteiger partial charge in [0.2, 0.25) is 0 Å². The number of nitrogens with one attached hydrogen (secondary N) is 1. The zero-order chi connectivity index (χ0) is 14.7. The molecule has 116 valence electrons. The van der Waals surface area contributed by atoms with E-state index in [1.165, 1.54) is 19.3 Å². The molecule has 1 aliphatic heterocycles. The normalized spacial score (nSPS) is 22.0. The monoisotopic (exact) mass is 292 g/mol. The van der Waals surface area contributed by atoms with E-state index in [1.807, 2.05) is 17.9 Å². The summed E-state index contributed by atoms with van der Waals surface area (Å²) in [6.07, 6.45) is 9.84. The van der Waals surface area contributed by atoms with Gasteiger partial charge in [0, 0.05) is 26.4 Å². The second kappa shape index (κ2) is 6.47. The minimum absolute atomic E-state index is 0.0569. The smallest absolute Gasteiger partial charge is 0.321 e. The van der Waals surface area contributed by atoms with E-state index in [0.29, 0.717) is 5.92 Å². The molecule has 1 aliphatic carbocycles. The Bertz CT molecular complexity index is 478. The van der Waals surface area contributed by atoms with Crippen LogP contribution in [0.1, 0.15) is 32.1 Å². The molecule has 2 amide bonds. The number of urea groups is 1. The van der Waals surface area contributed by atoms with Crippen LogP contribution in [0.25, 0.3) is 0 Å². The third kappa shape index (κ3) is 3.75. The fraction of sp³-hybridized carbons (Fsp3) is 0.733. The van der Waals surface area contributed by atoms with Gasteiger partial charge in [-0.3, -0.25) is 4.68 Å². The van der Waals surface area contributed by atoms with Crippen LogP contribution in [0, 0.1) is 5.92 Å². The van der Waals surface area contributed by atoms with E-state index in [-0.39, 0.29) is 12.1 Å². The number of ether oxygens (including phenoxy) is 1. The second-order valence-corrected chi connectivity index (χ2v) is 6.19. The first kappa shape index (κ1) is 14.4. The van der Waals surface area contributed by atoms with Crippen molar-refractivity contribution in [3.63, 3.8) is 0 Å². The van der Waals surface area contributed by atoms with Gasteiger partial charge >= 0.3 is 6.03 Å². The summed E-state index contributed by atoms with van der Waals surface area (Å²) in [6.45, 7) is 2.45. The molecule has 1 saturated carbocycles. The summed E-state index contributed by atoms with van der Waals surface area (Å²) in [6, 6.07) is -0.0569. The number of hydrogen-bond acceptors (Lipinski definition) is 3. The molecule has 0 spiro atoms. The standard InChI is InChI=1S/C15H24N4O2/c1-18(9-12-4-2-5-12)15(20)17-13-8-16-19(10-13)11-14-6-3-7-21-14/h8,10,12,14H,2-7,9,11H2,1H3,(H,17,20). The number of amides is 2. The summed E-state index contributed by atoms with van der Waals surface area (Å²) in [7, 11) is 1.85. The van der Waals surface area contributed by atoms with Gasteiger partial charge < -0.3 is 15.0 Å². The maximum atomic E-state index is 12.1. The fourth-order valence-electron chi connectivity index (χ4n) is 2.89. The van der Waals surface area contributed by atoms with E-state index in [2.05, 4.69) is 10.4 Å². The van der Waals surface area contributed by atoms with E-state index in [4.69, 9.17) is 4.74 Å². The van der Waals surface area contributed by atoms with Crippen molar-refractivity contribution in [2.45, 2.75) is 44.8 Å². The first-order valence-corrected chi connectivity index (χ1v) is 7.87. The zero-order valence-corrected chi connectivity index (χ0v) is 12.6. The number of nitrogens with zero attached hydrogens (tertiary/aromatic N) is 3. The number of aromatic nitrogens is 2. The number of anilines is 1. The first-order chi connectivity index (χ1) is 10.2. The van der Waals surface area contributed by atoms with Crippen molar-refractivity contribution in [3.05, 3.63) is 12.4 Å². The fourth-order valence-corrected chi connectivity index (χ4v) is 2.89. The molecule has 2 fully saturated rings. The summed E-state index contributed by atoms with van der Waals surface area (Å²) in [4.78, 5) is 13.9. The molecule has 6 heteroatoms. The van der Waals surface area contributed by atoms with E-state index < -0.39 is 0 Å². The summed E-state index contributed by atoms with van der Waals surface area (Å²) in [5, 5.41) is 7.19. The largest absolute Gasteiger partial charge is 0.376 e. The highest BCUT2D eigenvalue weighted by molar-refractivity contribution is 5.88. The lowest BCUT2D eigenvalue weighted by atomic mass is 9.85. The van der Waals surface area contributed by atoms with Crippen LogP contribution in [0.5, 0.6) is 0 Å². The lowest BCUT2D eigenvalue weighted by Crippen LogP contribution is -2.37. The van der Waals surface area contributed by atoms with Crippen molar-refractivity contribution < 1.29 is 9.53 Å². The van der Waals surface area contributed by atoms with Crippen LogP contribution < -0.4 is 5.32 Å². The molecule has 1 aromatic rings. The molecule has 1 N–H and O–H groups in total. The van der Waals surface area contributed by atoms with Crippen LogP contribution in [0.2, 0.25) is 0 Å². The SMILES string of the molecule is CN(CC1CCC1)C(=O)Nc1cnn(CC2CCCO2)c1. The highest BCUT2D eigenvalue weighted by Crippen LogP contribution is 2.26. The number of hydrogen-bond donors (Lipinski definition) is 1. The van der Waals surface area contributed by atoms with Crippen molar-refractivity contribution in [1.82, 2.24) is 14.7 Å². The number of carbonyl (C=O) groups excluding carboxylic acids is 1. The van der Waals surface area contributed by atoms with Crippen LogP contribution in [-0.4, -0.2) is 47.0 Å². The van der Waals surface area contributed by atoms with Crippen LogP contribution in [0.4, 0.5) is 10.5 Å². The van der Waals surface area contributed by atoms with Gasteiger partial charge in [-0.2, -0.15) is 5.10 Å². The molecule has 2 aliphatic rings. The third-order valence-electron chi connectivity index (χ3n) is 4.40. The molecule has 21 heavy (non-hydrogen) atoms. The zero-order valence-electron chi connectivity index (χ0n) is 12.6. The highest BCUT2D eigenvalue weighted by atomic mass is 16.5. The Kier molecular flexibility index (Phi) is 4.43. The Hall–Kier alpha value is -1.56. The number of carbonyl (C=O) groups is 1. The van der Waals surface area contributed by atoms with E-state index in [9.17, 15) is 4.79 Å². The molecule has 0 radical (unpaired) electrons. The highest BCUT2D eigenvalue weighted by Gasteiger charge is 2.21. The van der Waals surface area contributed by atoms with E-state index in [1.54, 1.807) is 11.1 Å². The Morgan fingerprint density at radius 1 is 1.48 bits per heavy atom. The van der Waals surface area contributed by atoms with Gasteiger partial charge in [-0.25, -0.2) is 4.79 Å². The molecule has 1 aromatic heterocycles. The maximum Gasteiger partial charge on any atom is 0.321 e. The maximum absolute atomic E-state index is 12.1.